The van der Waals surface area contributed by atoms with Crippen molar-refractivity contribution in [1.29, 1.82) is 0 Å². The van der Waals surface area contributed by atoms with E-state index in [1.54, 1.807) is 11.3 Å². The molecule has 5 rings (SSSR count). The first kappa shape index (κ1) is 20.9. The summed E-state index contributed by atoms with van der Waals surface area (Å²) in [5.74, 6) is 0.458. The molecule has 1 amide bonds. The largest absolute Gasteiger partial charge is 0.465 e. The average Bonchev–Trinajstić information content (AvgIpc) is 3.43. The predicted molar refractivity (Wildman–Crippen MR) is 126 cm³/mol. The number of carbonyl (C=O) groups is 2. The minimum Gasteiger partial charge on any atom is -0.465 e. The molecule has 3 aromatic heterocycles. The van der Waals surface area contributed by atoms with Crippen LogP contribution in [0.5, 0.6) is 0 Å². The molecule has 6 nitrogen and oxygen atoms in total. The van der Waals surface area contributed by atoms with Gasteiger partial charge in [-0.1, -0.05) is 11.8 Å². The van der Waals surface area contributed by atoms with Gasteiger partial charge in [0.25, 0.3) is 0 Å². The molecule has 2 aliphatic carbocycles. The molecule has 31 heavy (non-hydrogen) atoms. The van der Waals surface area contributed by atoms with Crippen LogP contribution >= 0.6 is 34.4 Å². The number of thioether (sulfide) groups is 1. The van der Waals surface area contributed by atoms with Crippen LogP contribution in [0.3, 0.4) is 0 Å². The van der Waals surface area contributed by atoms with Crippen LogP contribution in [-0.4, -0.2) is 34.7 Å². The molecule has 9 heteroatoms. The van der Waals surface area contributed by atoms with Gasteiger partial charge in [-0.3, -0.25) is 4.79 Å². The van der Waals surface area contributed by atoms with Crippen LogP contribution < -0.4 is 5.32 Å². The third-order valence-corrected chi connectivity index (χ3v) is 9.17. The van der Waals surface area contributed by atoms with Crippen molar-refractivity contribution in [2.24, 2.45) is 0 Å². The summed E-state index contributed by atoms with van der Waals surface area (Å²) in [6.45, 7) is 1.90. The molecule has 3 heterocycles. The number of aryl methyl sites for hydroxylation is 4. The first-order chi connectivity index (χ1) is 15.0. The monoisotopic (exact) mass is 473 g/mol. The van der Waals surface area contributed by atoms with Gasteiger partial charge >= 0.3 is 5.97 Å². The highest BCUT2D eigenvalue weighted by Crippen LogP contribution is 2.41. The summed E-state index contributed by atoms with van der Waals surface area (Å²) < 4.78 is 4.97. The molecular weight excluding hydrogens is 450 g/mol. The van der Waals surface area contributed by atoms with Crippen LogP contribution in [0.15, 0.2) is 5.03 Å². The van der Waals surface area contributed by atoms with Gasteiger partial charge in [-0.2, -0.15) is 0 Å². The number of amides is 1. The van der Waals surface area contributed by atoms with Crippen molar-refractivity contribution < 1.29 is 14.3 Å². The van der Waals surface area contributed by atoms with Crippen LogP contribution in [0.1, 0.15) is 56.3 Å². The molecule has 0 atom stereocenters. The normalized spacial score (nSPS) is 15.0. The van der Waals surface area contributed by atoms with Crippen LogP contribution in [0.2, 0.25) is 0 Å². The van der Waals surface area contributed by atoms with E-state index in [4.69, 9.17) is 4.74 Å². The van der Waals surface area contributed by atoms with Crippen LogP contribution in [0.4, 0.5) is 5.00 Å². The Balaban J connectivity index is 1.37. The van der Waals surface area contributed by atoms with Gasteiger partial charge in [0.2, 0.25) is 5.91 Å². The fourth-order valence-corrected chi connectivity index (χ4v) is 8.00. The number of rotatable bonds is 5. The van der Waals surface area contributed by atoms with Gasteiger partial charge in [0.15, 0.2) is 0 Å². The number of esters is 1. The summed E-state index contributed by atoms with van der Waals surface area (Å²) in [7, 11) is 1.38. The van der Waals surface area contributed by atoms with Gasteiger partial charge in [-0.05, 0) is 63.0 Å². The molecule has 162 valence electrons. The Labute approximate surface area is 192 Å². The number of hydrogen-bond donors (Lipinski definition) is 1. The lowest BCUT2D eigenvalue weighted by Gasteiger charge is -2.12. The first-order valence-corrected chi connectivity index (χ1v) is 13.1. The number of thiophene rings is 2. The van der Waals surface area contributed by atoms with Crippen molar-refractivity contribution in [2.45, 2.75) is 56.9 Å². The van der Waals surface area contributed by atoms with E-state index >= 15 is 0 Å². The number of nitrogens with one attached hydrogen (secondary N) is 1. The number of anilines is 1. The van der Waals surface area contributed by atoms with Crippen molar-refractivity contribution in [1.82, 2.24) is 9.97 Å². The maximum absolute atomic E-state index is 12.8. The lowest BCUT2D eigenvalue weighted by atomic mass is 9.97. The van der Waals surface area contributed by atoms with Gasteiger partial charge in [0, 0.05) is 15.1 Å². The number of nitrogens with zero attached hydrogens (tertiary/aromatic N) is 2. The zero-order chi connectivity index (χ0) is 21.5. The third kappa shape index (κ3) is 3.87. The summed E-state index contributed by atoms with van der Waals surface area (Å²) in [4.78, 5) is 38.1. The van der Waals surface area contributed by atoms with Crippen LogP contribution in [0.25, 0.3) is 10.2 Å². The summed E-state index contributed by atoms with van der Waals surface area (Å²) in [6, 6.07) is 0. The Morgan fingerprint density at radius 3 is 2.61 bits per heavy atom. The molecule has 0 bridgehead atoms. The maximum atomic E-state index is 12.8. The van der Waals surface area contributed by atoms with Crippen molar-refractivity contribution in [3.8, 4) is 0 Å². The van der Waals surface area contributed by atoms with Gasteiger partial charge in [0.1, 0.15) is 20.7 Å². The predicted octanol–water partition coefficient (Wildman–Crippen LogP) is 4.95. The molecule has 0 saturated heterocycles. The van der Waals surface area contributed by atoms with Gasteiger partial charge < -0.3 is 10.1 Å². The van der Waals surface area contributed by atoms with E-state index < -0.39 is 0 Å². The summed E-state index contributed by atoms with van der Waals surface area (Å²) in [6.07, 6.45) is 7.45. The first-order valence-electron chi connectivity index (χ1n) is 10.5. The molecule has 0 saturated carbocycles. The number of methoxy groups -OCH3 is 1. The van der Waals surface area contributed by atoms with Crippen LogP contribution in [0, 0.1) is 6.92 Å². The van der Waals surface area contributed by atoms with Crippen molar-refractivity contribution >= 4 is 61.5 Å². The molecule has 0 unspecified atom stereocenters. The SMILES string of the molecule is COC(=O)c1c(NC(=O)CSc2nc(C)nc3sc4c(c23)CCCC4)sc2c1CCC2. The third-order valence-electron chi connectivity index (χ3n) is 5.80. The minimum absolute atomic E-state index is 0.136. The van der Waals surface area contributed by atoms with Crippen molar-refractivity contribution in [3.05, 3.63) is 32.3 Å². The zero-order valence-corrected chi connectivity index (χ0v) is 20.0. The standard InChI is InChI=1S/C22H23N3O3S3/c1-11-23-19(17-12-6-3-4-8-14(12)30-20(17)24-11)29-10-16(26)25-21-18(22(27)28-2)13-7-5-9-15(13)31-21/h3-10H2,1-2H3,(H,25,26). The second kappa shape index (κ2) is 8.52. The molecule has 3 aromatic rings. The second-order valence-corrected chi connectivity index (χ2v) is 11.0. The van der Waals surface area contributed by atoms with E-state index in [1.807, 2.05) is 6.92 Å². The van der Waals surface area contributed by atoms with Crippen molar-refractivity contribution in [3.63, 3.8) is 0 Å². The molecule has 0 aromatic carbocycles. The number of ether oxygens (including phenoxy) is 1. The van der Waals surface area contributed by atoms with Gasteiger partial charge in [-0.15, -0.1) is 22.7 Å². The number of carbonyl (C=O) groups excluding carboxylic acids is 2. The van der Waals surface area contributed by atoms with Crippen LogP contribution in [-0.2, 0) is 35.2 Å². The topological polar surface area (TPSA) is 81.2 Å². The fourth-order valence-electron chi connectivity index (χ4n) is 4.44. The number of hydrogen-bond acceptors (Lipinski definition) is 8. The van der Waals surface area contributed by atoms with E-state index in [0.717, 1.165) is 58.7 Å². The minimum atomic E-state index is -0.375. The Bertz CT molecular complexity index is 1200. The Hall–Kier alpha value is -1.97. The van der Waals surface area contributed by atoms with E-state index in [0.29, 0.717) is 10.6 Å². The summed E-state index contributed by atoms with van der Waals surface area (Å²) in [5.41, 5.74) is 2.94. The average molecular weight is 474 g/mol. The summed E-state index contributed by atoms with van der Waals surface area (Å²) in [5, 5.41) is 5.59. The Morgan fingerprint density at radius 1 is 1.03 bits per heavy atom. The molecule has 0 spiro atoms. The van der Waals surface area contributed by atoms with E-state index in [9.17, 15) is 9.59 Å². The smallest absolute Gasteiger partial charge is 0.341 e. The molecule has 0 radical (unpaired) electrons. The lowest BCUT2D eigenvalue weighted by Crippen LogP contribution is -2.16. The van der Waals surface area contributed by atoms with E-state index in [-0.39, 0.29) is 17.6 Å². The zero-order valence-electron chi connectivity index (χ0n) is 17.5. The number of fused-ring (bicyclic) bond motifs is 4. The molecule has 0 aliphatic heterocycles. The van der Waals surface area contributed by atoms with Gasteiger partial charge in [-0.25, -0.2) is 14.8 Å². The second-order valence-electron chi connectivity index (χ2n) is 7.86. The van der Waals surface area contributed by atoms with E-state index in [2.05, 4.69) is 15.3 Å². The maximum Gasteiger partial charge on any atom is 0.341 e. The lowest BCUT2D eigenvalue weighted by molar-refractivity contribution is -0.113. The molecule has 2 aliphatic rings. The highest BCUT2D eigenvalue weighted by molar-refractivity contribution is 8.00. The fraction of sp³-hybridized carbons (Fsp3) is 0.455. The van der Waals surface area contributed by atoms with Gasteiger partial charge in [0.05, 0.1) is 18.4 Å². The quantitative estimate of drug-likeness (QED) is 0.321. The summed E-state index contributed by atoms with van der Waals surface area (Å²) >= 11 is 4.72. The molecule has 1 N–H and O–H groups in total. The Kier molecular flexibility index (Phi) is 5.75. The number of aromatic nitrogens is 2. The highest BCUT2D eigenvalue weighted by Gasteiger charge is 2.28. The molecular formula is C22H23N3O3S3. The van der Waals surface area contributed by atoms with E-state index in [1.165, 1.54) is 58.4 Å². The highest BCUT2D eigenvalue weighted by atomic mass is 32.2. The molecule has 0 fully saturated rings. The van der Waals surface area contributed by atoms with Crippen molar-refractivity contribution in [2.75, 3.05) is 18.2 Å². The Morgan fingerprint density at radius 2 is 1.77 bits per heavy atom.